The topological polar surface area (TPSA) is 17.8 Å². The summed E-state index contributed by atoms with van der Waals surface area (Å²) in [5, 5.41) is 4.25. The molecule has 1 aromatic rings. The van der Waals surface area contributed by atoms with Crippen molar-refractivity contribution in [3.8, 4) is 0 Å². The van der Waals surface area contributed by atoms with Gasteiger partial charge in [0.2, 0.25) is 0 Å². The molecule has 0 radical (unpaired) electrons. The maximum Gasteiger partial charge on any atom is 0.0519 e. The van der Waals surface area contributed by atoms with Crippen LogP contribution in [0.2, 0.25) is 0 Å². The van der Waals surface area contributed by atoms with Gasteiger partial charge in [-0.2, -0.15) is 5.10 Å². The SMILES string of the molecule is CC.Cc1cnn(C(C)C(C)C)c1. The van der Waals surface area contributed by atoms with E-state index in [4.69, 9.17) is 0 Å². The van der Waals surface area contributed by atoms with Crippen LogP contribution >= 0.6 is 0 Å². The molecule has 0 aliphatic heterocycles. The minimum absolute atomic E-state index is 0.503. The molecular formula is C11H22N2. The predicted molar refractivity (Wildman–Crippen MR) is 57.9 cm³/mol. The maximum atomic E-state index is 4.25. The highest BCUT2D eigenvalue weighted by Crippen LogP contribution is 2.15. The molecule has 0 N–H and O–H groups in total. The number of aromatic nitrogens is 2. The van der Waals surface area contributed by atoms with Crippen LogP contribution in [0.5, 0.6) is 0 Å². The lowest BCUT2D eigenvalue weighted by Crippen LogP contribution is -2.11. The lowest BCUT2D eigenvalue weighted by Gasteiger charge is -2.15. The number of hydrogen-bond donors (Lipinski definition) is 0. The quantitative estimate of drug-likeness (QED) is 0.685. The van der Waals surface area contributed by atoms with Crippen molar-refractivity contribution in [1.29, 1.82) is 0 Å². The van der Waals surface area contributed by atoms with Gasteiger partial charge in [-0.1, -0.05) is 27.7 Å². The zero-order valence-corrected chi connectivity index (χ0v) is 9.70. The van der Waals surface area contributed by atoms with Crippen molar-refractivity contribution in [2.45, 2.75) is 47.6 Å². The Morgan fingerprint density at radius 3 is 2.08 bits per heavy atom. The minimum atomic E-state index is 0.503. The van der Waals surface area contributed by atoms with Crippen molar-refractivity contribution in [2.75, 3.05) is 0 Å². The molecule has 0 bridgehead atoms. The van der Waals surface area contributed by atoms with Crippen LogP contribution in [0.1, 0.15) is 46.2 Å². The smallest absolute Gasteiger partial charge is 0.0519 e. The lowest BCUT2D eigenvalue weighted by molar-refractivity contribution is 0.375. The van der Waals surface area contributed by atoms with Gasteiger partial charge in [-0.05, 0) is 25.3 Å². The molecule has 1 unspecified atom stereocenters. The molecule has 0 fully saturated rings. The van der Waals surface area contributed by atoms with E-state index in [1.165, 1.54) is 5.56 Å². The van der Waals surface area contributed by atoms with Crippen LogP contribution in [0.25, 0.3) is 0 Å². The van der Waals surface area contributed by atoms with Gasteiger partial charge in [0, 0.05) is 6.20 Å². The molecule has 0 saturated heterocycles. The third-order valence-electron chi connectivity index (χ3n) is 2.11. The number of hydrogen-bond acceptors (Lipinski definition) is 1. The average molecular weight is 182 g/mol. The summed E-state index contributed by atoms with van der Waals surface area (Å²) < 4.78 is 2.03. The van der Waals surface area contributed by atoms with Gasteiger partial charge in [-0.25, -0.2) is 0 Å². The monoisotopic (exact) mass is 182 g/mol. The Bertz CT molecular complexity index is 226. The summed E-state index contributed by atoms with van der Waals surface area (Å²) in [6.07, 6.45) is 3.99. The Morgan fingerprint density at radius 1 is 1.23 bits per heavy atom. The largest absolute Gasteiger partial charge is 0.269 e. The summed E-state index contributed by atoms with van der Waals surface area (Å²) in [6.45, 7) is 12.7. The summed E-state index contributed by atoms with van der Waals surface area (Å²) in [4.78, 5) is 0. The van der Waals surface area contributed by atoms with E-state index in [1.54, 1.807) is 0 Å². The molecule has 0 aliphatic carbocycles. The second-order valence-electron chi connectivity index (χ2n) is 3.48. The highest BCUT2D eigenvalue weighted by atomic mass is 15.3. The zero-order valence-electron chi connectivity index (χ0n) is 9.70. The van der Waals surface area contributed by atoms with Crippen LogP contribution < -0.4 is 0 Å². The van der Waals surface area contributed by atoms with Crippen molar-refractivity contribution in [1.82, 2.24) is 9.78 Å². The van der Waals surface area contributed by atoms with E-state index in [0.29, 0.717) is 12.0 Å². The molecule has 1 heterocycles. The average Bonchev–Trinajstić information content (AvgIpc) is 2.54. The maximum absolute atomic E-state index is 4.25. The van der Waals surface area contributed by atoms with Crippen molar-refractivity contribution < 1.29 is 0 Å². The number of rotatable bonds is 2. The molecule has 1 rings (SSSR count). The fourth-order valence-electron chi connectivity index (χ4n) is 0.961. The summed E-state index contributed by atoms with van der Waals surface area (Å²) in [5.41, 5.74) is 1.23. The van der Waals surface area contributed by atoms with Gasteiger partial charge in [0.05, 0.1) is 12.2 Å². The van der Waals surface area contributed by atoms with Crippen LogP contribution in [0.3, 0.4) is 0 Å². The predicted octanol–water partition coefficient (Wildman–Crippen LogP) is 3.43. The van der Waals surface area contributed by atoms with Crippen molar-refractivity contribution in [2.24, 2.45) is 5.92 Å². The summed E-state index contributed by atoms with van der Waals surface area (Å²) in [6, 6.07) is 0.503. The fraction of sp³-hybridized carbons (Fsp3) is 0.727. The zero-order chi connectivity index (χ0) is 10.4. The Labute approximate surface area is 82.0 Å². The van der Waals surface area contributed by atoms with Crippen molar-refractivity contribution >= 4 is 0 Å². The Hall–Kier alpha value is -0.790. The van der Waals surface area contributed by atoms with Gasteiger partial charge < -0.3 is 0 Å². The first kappa shape index (κ1) is 12.2. The van der Waals surface area contributed by atoms with E-state index < -0.39 is 0 Å². The van der Waals surface area contributed by atoms with Gasteiger partial charge in [0.1, 0.15) is 0 Å². The second-order valence-corrected chi connectivity index (χ2v) is 3.48. The fourth-order valence-corrected chi connectivity index (χ4v) is 0.961. The summed E-state index contributed by atoms with van der Waals surface area (Å²) in [5.74, 6) is 0.647. The van der Waals surface area contributed by atoms with Crippen LogP contribution in [-0.2, 0) is 0 Å². The number of nitrogens with zero attached hydrogens (tertiary/aromatic N) is 2. The Balaban J connectivity index is 0.000000671. The highest BCUT2D eigenvalue weighted by Gasteiger charge is 2.08. The second kappa shape index (κ2) is 5.79. The molecule has 0 amide bonds. The lowest BCUT2D eigenvalue weighted by atomic mass is 10.1. The van der Waals surface area contributed by atoms with Gasteiger partial charge in [0.25, 0.3) is 0 Å². The minimum Gasteiger partial charge on any atom is -0.269 e. The van der Waals surface area contributed by atoms with Crippen LogP contribution in [0.4, 0.5) is 0 Å². The molecule has 0 spiro atoms. The first-order chi connectivity index (χ1) is 6.11. The number of aryl methyl sites for hydroxylation is 1. The molecule has 1 aromatic heterocycles. The first-order valence-electron chi connectivity index (χ1n) is 5.12. The van der Waals surface area contributed by atoms with E-state index in [9.17, 15) is 0 Å². The summed E-state index contributed by atoms with van der Waals surface area (Å²) >= 11 is 0. The van der Waals surface area contributed by atoms with Crippen molar-refractivity contribution in [3.05, 3.63) is 18.0 Å². The third kappa shape index (κ3) is 3.62. The molecule has 0 saturated carbocycles. The molecule has 0 aliphatic rings. The standard InChI is InChI=1S/C9H16N2.C2H6/c1-7(2)9(4)11-6-8(3)5-10-11;1-2/h5-7,9H,1-4H3;1-2H3. The molecule has 0 aromatic carbocycles. The molecule has 13 heavy (non-hydrogen) atoms. The summed E-state index contributed by atoms with van der Waals surface area (Å²) in [7, 11) is 0. The van der Waals surface area contributed by atoms with E-state index >= 15 is 0 Å². The molecule has 76 valence electrons. The van der Waals surface area contributed by atoms with E-state index in [1.807, 2.05) is 24.7 Å². The van der Waals surface area contributed by atoms with Crippen molar-refractivity contribution in [3.63, 3.8) is 0 Å². The van der Waals surface area contributed by atoms with E-state index in [-0.39, 0.29) is 0 Å². The van der Waals surface area contributed by atoms with Gasteiger partial charge in [-0.15, -0.1) is 0 Å². The molecule has 2 heteroatoms. The van der Waals surface area contributed by atoms with E-state index in [2.05, 4.69) is 39.0 Å². The molecular weight excluding hydrogens is 160 g/mol. The third-order valence-corrected chi connectivity index (χ3v) is 2.11. The van der Waals surface area contributed by atoms with E-state index in [0.717, 1.165) is 0 Å². The van der Waals surface area contributed by atoms with Gasteiger partial charge >= 0.3 is 0 Å². The van der Waals surface area contributed by atoms with Crippen LogP contribution in [0.15, 0.2) is 12.4 Å². The highest BCUT2D eigenvalue weighted by molar-refractivity contribution is 5.00. The Kier molecular flexibility index (Phi) is 5.44. The normalized spacial score (nSPS) is 12.2. The van der Waals surface area contributed by atoms with Gasteiger partial charge in [-0.3, -0.25) is 4.68 Å². The Morgan fingerprint density at radius 2 is 1.77 bits per heavy atom. The molecule has 2 nitrogen and oxygen atoms in total. The van der Waals surface area contributed by atoms with Crippen LogP contribution in [0, 0.1) is 12.8 Å². The van der Waals surface area contributed by atoms with Crippen LogP contribution in [-0.4, -0.2) is 9.78 Å². The first-order valence-corrected chi connectivity index (χ1v) is 5.12. The van der Waals surface area contributed by atoms with Gasteiger partial charge in [0.15, 0.2) is 0 Å². The molecule has 1 atom stereocenters.